The molecule has 3 N–H and O–H groups in total. The summed E-state index contributed by atoms with van der Waals surface area (Å²) in [6, 6.07) is 9.07. The van der Waals surface area contributed by atoms with E-state index in [2.05, 4.69) is 4.72 Å². The number of benzene rings is 1. The fraction of sp³-hybridized carbons (Fsp3) is 0.455. The molecule has 0 radical (unpaired) electrons. The lowest BCUT2D eigenvalue weighted by molar-refractivity contribution is 0.304. The van der Waals surface area contributed by atoms with Gasteiger partial charge in [-0.1, -0.05) is 51.1 Å². The van der Waals surface area contributed by atoms with Crippen LogP contribution in [0.2, 0.25) is 0 Å². The van der Waals surface area contributed by atoms with Gasteiger partial charge >= 0.3 is 0 Å². The van der Waals surface area contributed by atoms with E-state index in [-0.39, 0.29) is 11.5 Å². The minimum absolute atomic E-state index is 0.242. The molecule has 0 bridgehead atoms. The number of rotatable bonds is 3. The van der Waals surface area contributed by atoms with Gasteiger partial charge in [-0.15, -0.1) is 0 Å². The summed E-state index contributed by atoms with van der Waals surface area (Å²) < 4.78 is 24.7. The Bertz CT molecular complexity index is 435. The van der Waals surface area contributed by atoms with E-state index in [1.807, 2.05) is 51.1 Å². The first kappa shape index (κ1) is 13.2. The lowest BCUT2D eigenvalue weighted by Gasteiger charge is -2.30. The normalized spacial score (nSPS) is 14.8. The highest BCUT2D eigenvalue weighted by Crippen LogP contribution is 2.32. The zero-order valence-corrected chi connectivity index (χ0v) is 10.6. The number of hydrogen-bond acceptors (Lipinski definition) is 2. The van der Waals surface area contributed by atoms with Crippen LogP contribution in [0.15, 0.2) is 30.3 Å². The Hall–Kier alpha value is -0.910. The first-order chi connectivity index (χ1) is 7.20. The smallest absolute Gasteiger partial charge is 0.216 e. The quantitative estimate of drug-likeness (QED) is 0.844. The second kappa shape index (κ2) is 4.53. The largest absolute Gasteiger partial charge is 0.274 e. The van der Waals surface area contributed by atoms with Crippen molar-refractivity contribution in [3.63, 3.8) is 0 Å². The monoisotopic (exact) mass is 242 g/mol. The van der Waals surface area contributed by atoms with Gasteiger partial charge in [-0.3, -0.25) is 0 Å². The molecule has 4 nitrogen and oxygen atoms in total. The van der Waals surface area contributed by atoms with Gasteiger partial charge in [-0.2, -0.15) is 13.1 Å². The SMILES string of the molecule is CC(C)(C)C(NS(N)(=O)=O)c1ccccc1. The highest BCUT2D eigenvalue weighted by Gasteiger charge is 2.28. The van der Waals surface area contributed by atoms with Gasteiger partial charge < -0.3 is 0 Å². The summed E-state index contributed by atoms with van der Waals surface area (Å²) in [6.45, 7) is 5.88. The topological polar surface area (TPSA) is 72.2 Å². The second-order valence-electron chi connectivity index (χ2n) is 4.87. The molecule has 0 spiro atoms. The second-order valence-corrected chi connectivity index (χ2v) is 6.20. The average Bonchev–Trinajstić information content (AvgIpc) is 2.13. The Morgan fingerprint density at radius 3 is 2.06 bits per heavy atom. The van der Waals surface area contributed by atoms with E-state index in [1.54, 1.807) is 0 Å². The summed E-state index contributed by atoms with van der Waals surface area (Å²) in [6.07, 6.45) is 0. The first-order valence-electron chi connectivity index (χ1n) is 5.05. The predicted octanol–water partition coefficient (Wildman–Crippen LogP) is 1.57. The van der Waals surface area contributed by atoms with E-state index in [0.29, 0.717) is 0 Å². The maximum Gasteiger partial charge on any atom is 0.274 e. The molecule has 0 heterocycles. The minimum Gasteiger partial charge on any atom is -0.216 e. The number of hydrogen-bond donors (Lipinski definition) is 2. The van der Waals surface area contributed by atoms with Crippen molar-refractivity contribution >= 4 is 10.2 Å². The Kier molecular flexibility index (Phi) is 3.72. The molecular weight excluding hydrogens is 224 g/mol. The standard InChI is InChI=1S/C11H18N2O2S/c1-11(2,3)10(13-16(12,14)15)9-7-5-4-6-8-9/h4-8,10,13H,1-3H3,(H2,12,14,15). The average molecular weight is 242 g/mol. The zero-order chi connectivity index (χ0) is 12.4. The Balaban J connectivity index is 3.08. The lowest BCUT2D eigenvalue weighted by Crippen LogP contribution is -2.40. The number of nitrogens with one attached hydrogen (secondary N) is 1. The van der Waals surface area contributed by atoms with Gasteiger partial charge in [0.15, 0.2) is 0 Å². The van der Waals surface area contributed by atoms with Crippen LogP contribution < -0.4 is 9.86 Å². The highest BCUT2D eigenvalue weighted by atomic mass is 32.2. The molecule has 1 aromatic rings. The Morgan fingerprint density at radius 2 is 1.69 bits per heavy atom. The van der Waals surface area contributed by atoms with Gasteiger partial charge in [0, 0.05) is 0 Å². The van der Waals surface area contributed by atoms with Crippen molar-refractivity contribution in [2.45, 2.75) is 26.8 Å². The van der Waals surface area contributed by atoms with Crippen LogP contribution in [-0.2, 0) is 10.2 Å². The van der Waals surface area contributed by atoms with Crippen molar-refractivity contribution in [1.29, 1.82) is 0 Å². The fourth-order valence-electron chi connectivity index (χ4n) is 1.55. The Labute approximate surface area is 97.0 Å². The van der Waals surface area contributed by atoms with Crippen LogP contribution in [0.5, 0.6) is 0 Å². The molecule has 16 heavy (non-hydrogen) atoms. The van der Waals surface area contributed by atoms with E-state index in [0.717, 1.165) is 5.56 Å². The third-order valence-corrected chi connectivity index (χ3v) is 2.85. The summed E-state index contributed by atoms with van der Waals surface area (Å²) in [5, 5.41) is 5.03. The summed E-state index contributed by atoms with van der Waals surface area (Å²) in [5.41, 5.74) is 0.664. The van der Waals surface area contributed by atoms with Crippen molar-refractivity contribution in [2.24, 2.45) is 10.6 Å². The molecule has 1 aromatic carbocycles. The summed E-state index contributed by atoms with van der Waals surface area (Å²) in [5.74, 6) is 0. The summed E-state index contributed by atoms with van der Waals surface area (Å²) in [7, 11) is -3.70. The molecule has 1 rings (SSSR count). The molecule has 0 aliphatic rings. The molecule has 0 aliphatic heterocycles. The molecule has 0 aliphatic carbocycles. The van der Waals surface area contributed by atoms with Crippen LogP contribution in [0.25, 0.3) is 0 Å². The lowest BCUT2D eigenvalue weighted by atomic mass is 9.83. The van der Waals surface area contributed by atoms with Crippen molar-refractivity contribution in [3.05, 3.63) is 35.9 Å². The van der Waals surface area contributed by atoms with Crippen LogP contribution >= 0.6 is 0 Å². The van der Waals surface area contributed by atoms with E-state index in [1.165, 1.54) is 0 Å². The van der Waals surface area contributed by atoms with Crippen LogP contribution in [0.3, 0.4) is 0 Å². The van der Waals surface area contributed by atoms with Crippen LogP contribution in [-0.4, -0.2) is 8.42 Å². The molecule has 1 unspecified atom stereocenters. The molecule has 0 saturated heterocycles. The third-order valence-electron chi connectivity index (χ3n) is 2.28. The van der Waals surface area contributed by atoms with Gasteiger partial charge in [0.25, 0.3) is 10.2 Å². The van der Waals surface area contributed by atoms with Gasteiger partial charge in [-0.05, 0) is 11.0 Å². The molecular formula is C11H18N2O2S. The van der Waals surface area contributed by atoms with Crippen molar-refractivity contribution in [1.82, 2.24) is 4.72 Å². The molecule has 0 saturated carbocycles. The zero-order valence-electron chi connectivity index (χ0n) is 9.77. The van der Waals surface area contributed by atoms with Crippen molar-refractivity contribution in [3.8, 4) is 0 Å². The Morgan fingerprint density at radius 1 is 1.19 bits per heavy atom. The van der Waals surface area contributed by atoms with Crippen molar-refractivity contribution < 1.29 is 8.42 Å². The van der Waals surface area contributed by atoms with E-state index in [4.69, 9.17) is 5.14 Å². The molecule has 0 fully saturated rings. The molecule has 90 valence electrons. The van der Waals surface area contributed by atoms with E-state index in [9.17, 15) is 8.42 Å². The summed E-state index contributed by atoms with van der Waals surface area (Å²) in [4.78, 5) is 0. The highest BCUT2D eigenvalue weighted by molar-refractivity contribution is 7.87. The first-order valence-corrected chi connectivity index (χ1v) is 6.60. The van der Waals surface area contributed by atoms with Crippen LogP contribution in [0.4, 0.5) is 0 Å². The third kappa shape index (κ3) is 3.92. The van der Waals surface area contributed by atoms with E-state index < -0.39 is 10.2 Å². The molecule has 1 atom stereocenters. The maximum absolute atomic E-state index is 11.1. The van der Waals surface area contributed by atoms with Gasteiger partial charge in [0.2, 0.25) is 0 Å². The maximum atomic E-state index is 11.1. The van der Waals surface area contributed by atoms with Gasteiger partial charge in [0.05, 0.1) is 6.04 Å². The van der Waals surface area contributed by atoms with Crippen LogP contribution in [0.1, 0.15) is 32.4 Å². The predicted molar refractivity (Wildman–Crippen MR) is 64.9 cm³/mol. The van der Waals surface area contributed by atoms with E-state index >= 15 is 0 Å². The molecule has 0 amide bonds. The summed E-state index contributed by atoms with van der Waals surface area (Å²) >= 11 is 0. The molecule has 0 aromatic heterocycles. The molecule has 5 heteroatoms. The van der Waals surface area contributed by atoms with Gasteiger partial charge in [0.1, 0.15) is 0 Å². The fourth-order valence-corrected chi connectivity index (χ4v) is 2.37. The number of nitrogens with two attached hydrogens (primary N) is 1. The van der Waals surface area contributed by atoms with Crippen LogP contribution in [0, 0.1) is 5.41 Å². The van der Waals surface area contributed by atoms with Gasteiger partial charge in [-0.25, -0.2) is 5.14 Å². The van der Waals surface area contributed by atoms with Crippen molar-refractivity contribution in [2.75, 3.05) is 0 Å². The minimum atomic E-state index is -3.70.